The number of amides is 1. The predicted molar refractivity (Wildman–Crippen MR) is 98.4 cm³/mol. The molecule has 0 bridgehead atoms. The van der Waals surface area contributed by atoms with Crippen molar-refractivity contribution in [3.63, 3.8) is 0 Å². The molecule has 1 amide bonds. The fourth-order valence-corrected chi connectivity index (χ4v) is 3.09. The second-order valence-corrected chi connectivity index (χ2v) is 6.37. The summed E-state index contributed by atoms with van der Waals surface area (Å²) in [6, 6.07) is 18.0. The molecular formula is C19H22ClN3O. The number of hydrogen-bond acceptors (Lipinski definition) is 3. The molecule has 3 rings (SSSR count). The van der Waals surface area contributed by atoms with E-state index >= 15 is 0 Å². The SMILES string of the molecule is O=C(CNCc1ccccc1)N1CCN(c2cccc(Cl)c2)CC1. The average Bonchev–Trinajstić information content (AvgIpc) is 2.63. The summed E-state index contributed by atoms with van der Waals surface area (Å²) in [5, 5.41) is 3.97. The van der Waals surface area contributed by atoms with Gasteiger partial charge in [-0.25, -0.2) is 0 Å². The van der Waals surface area contributed by atoms with E-state index in [4.69, 9.17) is 11.6 Å². The van der Waals surface area contributed by atoms with Gasteiger partial charge in [0.15, 0.2) is 0 Å². The lowest BCUT2D eigenvalue weighted by Crippen LogP contribution is -2.50. The molecule has 126 valence electrons. The van der Waals surface area contributed by atoms with Crippen LogP contribution < -0.4 is 10.2 Å². The Labute approximate surface area is 148 Å². The van der Waals surface area contributed by atoms with Crippen LogP contribution in [0.4, 0.5) is 5.69 Å². The summed E-state index contributed by atoms with van der Waals surface area (Å²) in [5.74, 6) is 0.164. The molecule has 0 saturated carbocycles. The Morgan fingerprint density at radius 1 is 1.00 bits per heavy atom. The van der Waals surface area contributed by atoms with Crippen LogP contribution in [0.1, 0.15) is 5.56 Å². The lowest BCUT2D eigenvalue weighted by Gasteiger charge is -2.36. The molecule has 5 heteroatoms. The number of rotatable bonds is 5. The van der Waals surface area contributed by atoms with Crippen LogP contribution in [0.25, 0.3) is 0 Å². The van der Waals surface area contributed by atoms with Crippen molar-refractivity contribution >= 4 is 23.2 Å². The molecule has 1 saturated heterocycles. The van der Waals surface area contributed by atoms with Gasteiger partial charge >= 0.3 is 0 Å². The van der Waals surface area contributed by atoms with Crippen molar-refractivity contribution in [1.82, 2.24) is 10.2 Å². The monoisotopic (exact) mass is 343 g/mol. The van der Waals surface area contributed by atoms with Gasteiger partial charge in [-0.3, -0.25) is 4.79 Å². The van der Waals surface area contributed by atoms with E-state index in [1.165, 1.54) is 5.56 Å². The molecule has 0 atom stereocenters. The summed E-state index contributed by atoms with van der Waals surface area (Å²) >= 11 is 6.05. The second kappa shape index (κ2) is 8.18. The third kappa shape index (κ3) is 4.49. The highest BCUT2D eigenvalue weighted by Crippen LogP contribution is 2.20. The maximum Gasteiger partial charge on any atom is 0.236 e. The minimum absolute atomic E-state index is 0.164. The maximum absolute atomic E-state index is 12.3. The normalized spacial score (nSPS) is 14.7. The number of benzene rings is 2. The fraction of sp³-hybridized carbons (Fsp3) is 0.316. The quantitative estimate of drug-likeness (QED) is 0.906. The highest BCUT2D eigenvalue weighted by Gasteiger charge is 2.20. The van der Waals surface area contributed by atoms with Crippen LogP contribution in [0.5, 0.6) is 0 Å². The van der Waals surface area contributed by atoms with Crippen LogP contribution in [0.15, 0.2) is 54.6 Å². The minimum atomic E-state index is 0.164. The van der Waals surface area contributed by atoms with Gasteiger partial charge in [0.05, 0.1) is 6.54 Å². The lowest BCUT2D eigenvalue weighted by molar-refractivity contribution is -0.130. The molecule has 1 aliphatic rings. The Hall–Kier alpha value is -2.04. The molecule has 0 aromatic heterocycles. The average molecular weight is 344 g/mol. The van der Waals surface area contributed by atoms with Crippen molar-refractivity contribution in [1.29, 1.82) is 0 Å². The van der Waals surface area contributed by atoms with Crippen molar-refractivity contribution < 1.29 is 4.79 Å². The largest absolute Gasteiger partial charge is 0.368 e. The first kappa shape index (κ1) is 16.8. The van der Waals surface area contributed by atoms with Crippen LogP contribution in [0.2, 0.25) is 5.02 Å². The molecule has 1 N–H and O–H groups in total. The molecule has 0 aliphatic carbocycles. The van der Waals surface area contributed by atoms with Crippen molar-refractivity contribution in [2.24, 2.45) is 0 Å². The van der Waals surface area contributed by atoms with Crippen molar-refractivity contribution in [3.05, 3.63) is 65.2 Å². The van der Waals surface area contributed by atoms with E-state index in [1.54, 1.807) is 0 Å². The summed E-state index contributed by atoms with van der Waals surface area (Å²) in [6.45, 7) is 4.27. The number of carbonyl (C=O) groups excluding carboxylic acids is 1. The van der Waals surface area contributed by atoms with Gasteiger partial charge in [-0.05, 0) is 23.8 Å². The Kier molecular flexibility index (Phi) is 5.72. The summed E-state index contributed by atoms with van der Waals surface area (Å²) in [5.41, 5.74) is 2.31. The van der Waals surface area contributed by atoms with Gasteiger partial charge in [0.2, 0.25) is 5.91 Å². The molecule has 0 spiro atoms. The first-order valence-corrected chi connectivity index (χ1v) is 8.63. The van der Waals surface area contributed by atoms with E-state index in [0.29, 0.717) is 6.54 Å². The van der Waals surface area contributed by atoms with Gasteiger partial charge in [-0.15, -0.1) is 0 Å². The molecule has 0 radical (unpaired) electrons. The van der Waals surface area contributed by atoms with Gasteiger partial charge < -0.3 is 15.1 Å². The highest BCUT2D eigenvalue weighted by molar-refractivity contribution is 6.30. The Balaban J connectivity index is 1.43. The van der Waals surface area contributed by atoms with Crippen LogP contribution >= 0.6 is 11.6 Å². The molecule has 2 aromatic carbocycles. The van der Waals surface area contributed by atoms with E-state index in [0.717, 1.165) is 43.4 Å². The number of hydrogen-bond donors (Lipinski definition) is 1. The van der Waals surface area contributed by atoms with Crippen molar-refractivity contribution in [3.8, 4) is 0 Å². The third-order valence-electron chi connectivity index (χ3n) is 4.25. The fourth-order valence-electron chi connectivity index (χ4n) is 2.91. The van der Waals surface area contributed by atoms with E-state index in [-0.39, 0.29) is 5.91 Å². The lowest BCUT2D eigenvalue weighted by atomic mass is 10.2. The van der Waals surface area contributed by atoms with E-state index in [1.807, 2.05) is 41.3 Å². The highest BCUT2D eigenvalue weighted by atomic mass is 35.5. The molecule has 1 fully saturated rings. The molecule has 2 aromatic rings. The first-order valence-electron chi connectivity index (χ1n) is 8.25. The molecular weight excluding hydrogens is 322 g/mol. The number of nitrogens with zero attached hydrogens (tertiary/aromatic N) is 2. The standard InChI is InChI=1S/C19H22ClN3O/c20-17-7-4-8-18(13-17)22-9-11-23(12-10-22)19(24)15-21-14-16-5-2-1-3-6-16/h1-8,13,21H,9-12,14-15H2. The zero-order valence-corrected chi connectivity index (χ0v) is 14.4. The van der Waals surface area contributed by atoms with Crippen LogP contribution in [0, 0.1) is 0 Å². The maximum atomic E-state index is 12.3. The number of carbonyl (C=O) groups is 1. The third-order valence-corrected chi connectivity index (χ3v) is 4.49. The second-order valence-electron chi connectivity index (χ2n) is 5.94. The zero-order valence-electron chi connectivity index (χ0n) is 13.6. The molecule has 1 heterocycles. The van der Waals surface area contributed by atoms with Gasteiger partial charge in [0.1, 0.15) is 0 Å². The minimum Gasteiger partial charge on any atom is -0.368 e. The van der Waals surface area contributed by atoms with Crippen LogP contribution in [0.3, 0.4) is 0 Å². The number of piperazine rings is 1. The van der Waals surface area contributed by atoms with E-state index in [2.05, 4.69) is 28.4 Å². The smallest absolute Gasteiger partial charge is 0.236 e. The Bertz CT molecular complexity index is 669. The topological polar surface area (TPSA) is 35.6 Å². The van der Waals surface area contributed by atoms with Crippen LogP contribution in [-0.2, 0) is 11.3 Å². The first-order chi connectivity index (χ1) is 11.7. The summed E-state index contributed by atoms with van der Waals surface area (Å²) in [6.07, 6.45) is 0. The summed E-state index contributed by atoms with van der Waals surface area (Å²) < 4.78 is 0. The summed E-state index contributed by atoms with van der Waals surface area (Å²) in [7, 11) is 0. The summed E-state index contributed by atoms with van der Waals surface area (Å²) in [4.78, 5) is 16.5. The van der Waals surface area contributed by atoms with Crippen molar-refractivity contribution in [2.45, 2.75) is 6.54 Å². The molecule has 0 unspecified atom stereocenters. The van der Waals surface area contributed by atoms with Gasteiger partial charge in [0, 0.05) is 43.4 Å². The Morgan fingerprint density at radius 3 is 2.46 bits per heavy atom. The van der Waals surface area contributed by atoms with E-state index in [9.17, 15) is 4.79 Å². The van der Waals surface area contributed by atoms with E-state index < -0.39 is 0 Å². The molecule has 4 nitrogen and oxygen atoms in total. The molecule has 1 aliphatic heterocycles. The van der Waals surface area contributed by atoms with Crippen molar-refractivity contribution in [2.75, 3.05) is 37.6 Å². The molecule has 24 heavy (non-hydrogen) atoms. The van der Waals surface area contributed by atoms with Crippen LogP contribution in [-0.4, -0.2) is 43.5 Å². The number of halogens is 1. The number of anilines is 1. The van der Waals surface area contributed by atoms with Gasteiger partial charge in [-0.2, -0.15) is 0 Å². The van der Waals surface area contributed by atoms with Gasteiger partial charge in [-0.1, -0.05) is 48.0 Å². The zero-order chi connectivity index (χ0) is 16.8. The Morgan fingerprint density at radius 2 is 1.75 bits per heavy atom. The predicted octanol–water partition coefficient (Wildman–Crippen LogP) is 2.78. The number of nitrogens with one attached hydrogen (secondary N) is 1. The van der Waals surface area contributed by atoms with Gasteiger partial charge in [0.25, 0.3) is 0 Å².